The van der Waals surface area contributed by atoms with Crippen LogP contribution in [0.3, 0.4) is 0 Å². The Labute approximate surface area is 211 Å². The van der Waals surface area contributed by atoms with Crippen molar-refractivity contribution >= 4 is 40.4 Å². The van der Waals surface area contributed by atoms with Crippen LogP contribution in [-0.2, 0) is 6.18 Å². The molecule has 0 bridgehead atoms. The van der Waals surface area contributed by atoms with Gasteiger partial charge in [0.05, 0.1) is 37.1 Å². The summed E-state index contributed by atoms with van der Waals surface area (Å²) in [6.45, 7) is 2.26. The second-order valence-electron chi connectivity index (χ2n) is 9.12. The first kappa shape index (κ1) is 24.1. The van der Waals surface area contributed by atoms with E-state index < -0.39 is 17.6 Å². The maximum absolute atomic E-state index is 13.1. The molecule has 3 aromatic rings. The monoisotopic (exact) mass is 514 g/mol. The van der Waals surface area contributed by atoms with E-state index in [1.807, 2.05) is 49.5 Å². The second-order valence-corrected chi connectivity index (χ2v) is 9.55. The van der Waals surface area contributed by atoms with Crippen molar-refractivity contribution < 1.29 is 22.6 Å². The number of hydrogen-bond acceptors (Lipinski definition) is 4. The Hall–Kier alpha value is -3.56. The van der Waals surface area contributed by atoms with Gasteiger partial charge in [0, 0.05) is 21.8 Å². The number of aliphatic imine (C=N–C) groups is 1. The molecule has 2 aliphatic heterocycles. The second kappa shape index (κ2) is 9.15. The average Bonchev–Trinajstić information content (AvgIpc) is 3.00. The lowest BCUT2D eigenvalue weighted by atomic mass is 10.1. The third-order valence-electron chi connectivity index (χ3n) is 6.47. The number of nitrogens with zero attached hydrogens (tertiary/aromatic N) is 3. The van der Waals surface area contributed by atoms with Crippen molar-refractivity contribution in [3.63, 3.8) is 0 Å². The Balaban J connectivity index is 1.35. The van der Waals surface area contributed by atoms with Crippen LogP contribution in [0.5, 0.6) is 0 Å². The fourth-order valence-electron chi connectivity index (χ4n) is 4.43. The Kier molecular flexibility index (Phi) is 6.13. The third-order valence-corrected chi connectivity index (χ3v) is 6.71. The molecular formula is C26H24ClF3N5O+. The van der Waals surface area contributed by atoms with Gasteiger partial charge in [0.25, 0.3) is 5.91 Å². The summed E-state index contributed by atoms with van der Waals surface area (Å²) in [4.78, 5) is 19.9. The van der Waals surface area contributed by atoms with Crippen molar-refractivity contribution in [2.75, 3.05) is 38.5 Å². The molecule has 3 aromatic carbocycles. The molecule has 0 aromatic heterocycles. The fraction of sp³-hybridized carbons (Fsp3) is 0.231. The van der Waals surface area contributed by atoms with E-state index in [-0.39, 0.29) is 10.2 Å². The van der Waals surface area contributed by atoms with Gasteiger partial charge in [-0.3, -0.25) is 4.79 Å². The standard InChI is InChI=1S/C26H23ClF3N5O/c1-35(33-25(36)17-5-4-6-18(15-17)26(28,29)30)13-11-34(12-14-35)24-20-7-2-3-8-21(20)31-22-10-9-19(27)16-23(22)32-24/h2-10,15-16H,11-14H2,1H3,(H-,31,32,33,36)/p+1. The summed E-state index contributed by atoms with van der Waals surface area (Å²) < 4.78 is 39.4. The summed E-state index contributed by atoms with van der Waals surface area (Å²) in [6.07, 6.45) is -4.51. The van der Waals surface area contributed by atoms with Gasteiger partial charge in [-0.15, -0.1) is 0 Å². The SMILES string of the molecule is C[N+]1(NC(=O)c2cccc(C(F)(F)F)c2)CCN(C2=Nc3cc(Cl)ccc3Nc3ccccc32)CC1. The van der Waals surface area contributed by atoms with Gasteiger partial charge < -0.3 is 10.2 Å². The summed E-state index contributed by atoms with van der Waals surface area (Å²) in [5.74, 6) is 0.261. The van der Waals surface area contributed by atoms with E-state index in [9.17, 15) is 18.0 Å². The third kappa shape index (κ3) is 4.89. The molecule has 10 heteroatoms. The van der Waals surface area contributed by atoms with Crippen molar-refractivity contribution in [2.24, 2.45) is 4.99 Å². The molecule has 0 atom stereocenters. The normalized spacial score (nSPS) is 16.7. The number of benzene rings is 3. The Morgan fingerprint density at radius 1 is 1.03 bits per heavy atom. The first-order valence-electron chi connectivity index (χ1n) is 11.5. The van der Waals surface area contributed by atoms with Gasteiger partial charge in [-0.1, -0.05) is 29.8 Å². The minimum atomic E-state index is -4.51. The molecule has 0 aliphatic carbocycles. The number of alkyl halides is 3. The topological polar surface area (TPSA) is 56.7 Å². The van der Waals surface area contributed by atoms with Crippen molar-refractivity contribution in [2.45, 2.75) is 6.18 Å². The number of rotatable bonds is 2. The number of halogens is 4. The zero-order chi connectivity index (χ0) is 25.5. The van der Waals surface area contributed by atoms with Crippen molar-refractivity contribution in [3.8, 4) is 0 Å². The highest BCUT2D eigenvalue weighted by Crippen LogP contribution is 2.36. The molecule has 1 saturated heterocycles. The fourth-order valence-corrected chi connectivity index (χ4v) is 4.59. The predicted octanol–water partition coefficient (Wildman–Crippen LogP) is 5.60. The predicted molar refractivity (Wildman–Crippen MR) is 134 cm³/mol. The highest BCUT2D eigenvalue weighted by Gasteiger charge is 2.35. The molecule has 1 fully saturated rings. The van der Waals surface area contributed by atoms with Crippen LogP contribution >= 0.6 is 11.6 Å². The van der Waals surface area contributed by atoms with Crippen LogP contribution < -0.4 is 10.7 Å². The molecular weight excluding hydrogens is 491 g/mol. The van der Waals surface area contributed by atoms with Crippen LogP contribution in [0.25, 0.3) is 0 Å². The number of para-hydroxylation sites is 1. The molecule has 1 amide bonds. The van der Waals surface area contributed by atoms with E-state index in [1.54, 1.807) is 0 Å². The largest absolute Gasteiger partial charge is 0.416 e. The number of piperazine rings is 1. The van der Waals surface area contributed by atoms with Gasteiger partial charge in [0.2, 0.25) is 0 Å². The molecule has 6 nitrogen and oxygen atoms in total. The first-order chi connectivity index (χ1) is 17.1. The van der Waals surface area contributed by atoms with E-state index in [4.69, 9.17) is 16.6 Å². The smallest absolute Gasteiger partial charge is 0.353 e. The minimum Gasteiger partial charge on any atom is -0.353 e. The van der Waals surface area contributed by atoms with E-state index in [2.05, 4.69) is 15.6 Å². The Morgan fingerprint density at radius 3 is 2.53 bits per heavy atom. The number of anilines is 2. The number of amidine groups is 1. The lowest BCUT2D eigenvalue weighted by molar-refractivity contribution is -0.946. The van der Waals surface area contributed by atoms with Gasteiger partial charge >= 0.3 is 6.18 Å². The van der Waals surface area contributed by atoms with E-state index in [1.165, 1.54) is 12.1 Å². The molecule has 5 rings (SSSR count). The minimum absolute atomic E-state index is 0.0202. The van der Waals surface area contributed by atoms with Crippen LogP contribution in [0.4, 0.5) is 30.2 Å². The molecule has 2 heterocycles. The highest BCUT2D eigenvalue weighted by molar-refractivity contribution is 6.31. The maximum Gasteiger partial charge on any atom is 0.416 e. The van der Waals surface area contributed by atoms with E-state index >= 15 is 0 Å². The van der Waals surface area contributed by atoms with Gasteiger partial charge in [-0.05, 0) is 48.5 Å². The number of amides is 1. The summed E-state index contributed by atoms with van der Waals surface area (Å²) in [7, 11) is 1.86. The van der Waals surface area contributed by atoms with Crippen molar-refractivity contribution in [3.05, 3.63) is 88.4 Å². The maximum atomic E-state index is 13.1. The van der Waals surface area contributed by atoms with Crippen LogP contribution in [0.15, 0.2) is 71.7 Å². The van der Waals surface area contributed by atoms with Gasteiger partial charge in [-0.25, -0.2) is 9.58 Å². The molecule has 0 spiro atoms. The summed E-state index contributed by atoms with van der Waals surface area (Å²) in [5.41, 5.74) is 5.50. The summed E-state index contributed by atoms with van der Waals surface area (Å²) in [6, 6.07) is 17.9. The van der Waals surface area contributed by atoms with E-state index in [0.29, 0.717) is 31.2 Å². The first-order valence-corrected chi connectivity index (χ1v) is 11.8. The molecule has 186 valence electrons. The van der Waals surface area contributed by atoms with E-state index in [0.717, 1.165) is 40.6 Å². The number of carbonyl (C=O) groups excluding carboxylic acids is 1. The highest BCUT2D eigenvalue weighted by atomic mass is 35.5. The lowest BCUT2D eigenvalue weighted by Crippen LogP contribution is -2.65. The summed E-state index contributed by atoms with van der Waals surface area (Å²) >= 11 is 6.23. The number of carbonyl (C=O) groups is 1. The van der Waals surface area contributed by atoms with Gasteiger partial charge in [-0.2, -0.15) is 18.6 Å². The number of likely N-dealkylation sites (N-methyl/N-ethyl adjacent to an activating group) is 1. The quantitative estimate of drug-likeness (QED) is 0.438. The Morgan fingerprint density at radius 2 is 1.78 bits per heavy atom. The molecule has 0 radical (unpaired) electrons. The van der Waals surface area contributed by atoms with Crippen molar-refractivity contribution in [1.82, 2.24) is 10.3 Å². The van der Waals surface area contributed by atoms with Crippen LogP contribution in [0.1, 0.15) is 21.5 Å². The number of hydrogen-bond donors (Lipinski definition) is 2. The number of quaternary nitrogens is 1. The molecule has 0 saturated carbocycles. The average molecular weight is 515 g/mol. The van der Waals surface area contributed by atoms with Gasteiger partial charge in [0.1, 0.15) is 18.9 Å². The molecule has 2 aliphatic rings. The van der Waals surface area contributed by atoms with Crippen LogP contribution in [-0.4, -0.2) is 54.5 Å². The lowest BCUT2D eigenvalue weighted by Gasteiger charge is -2.42. The zero-order valence-corrected chi connectivity index (χ0v) is 20.2. The molecule has 2 N–H and O–H groups in total. The molecule has 36 heavy (non-hydrogen) atoms. The summed E-state index contributed by atoms with van der Waals surface area (Å²) in [5, 5.41) is 4.02. The van der Waals surface area contributed by atoms with Crippen LogP contribution in [0, 0.1) is 0 Å². The van der Waals surface area contributed by atoms with Crippen molar-refractivity contribution in [1.29, 1.82) is 0 Å². The van der Waals surface area contributed by atoms with Gasteiger partial charge in [0.15, 0.2) is 0 Å². The zero-order valence-electron chi connectivity index (χ0n) is 19.4. The number of fused-ring (bicyclic) bond motifs is 2. The van der Waals surface area contributed by atoms with Crippen LogP contribution in [0.2, 0.25) is 5.02 Å². The Bertz CT molecular complexity index is 1350. The number of nitrogens with one attached hydrogen (secondary N) is 2. The molecule has 0 unspecified atom stereocenters.